The molecule has 49 heavy (non-hydrogen) atoms. The normalized spacial score (nSPS) is 16.6. The van der Waals surface area contributed by atoms with E-state index >= 15 is 0 Å². The summed E-state index contributed by atoms with van der Waals surface area (Å²) in [7, 11) is 3.12. The highest BCUT2D eigenvalue weighted by atomic mass is 32.2. The molecule has 2 aliphatic heterocycles. The number of carbonyl (C=O) groups excluding carboxylic acids is 3. The van der Waals surface area contributed by atoms with Crippen LogP contribution in [0.3, 0.4) is 0 Å². The number of methoxy groups -OCH3 is 1. The summed E-state index contributed by atoms with van der Waals surface area (Å²) in [5.74, 6) is 1.77. The lowest BCUT2D eigenvalue weighted by Gasteiger charge is -2.36. The first-order chi connectivity index (χ1) is 23.5. The first-order valence-electron chi connectivity index (χ1n) is 16.3. The molecule has 3 heterocycles. The second kappa shape index (κ2) is 18.7. The average Bonchev–Trinajstić information content (AvgIpc) is 3.11. The number of nitrogens with one attached hydrogen (secondary N) is 3. The van der Waals surface area contributed by atoms with Crippen molar-refractivity contribution in [3.05, 3.63) is 77.5 Å². The Kier molecular flexibility index (Phi) is 14.7. The zero-order valence-corrected chi connectivity index (χ0v) is 30.3. The Morgan fingerprint density at radius 2 is 1.86 bits per heavy atom. The minimum absolute atomic E-state index is 0.0298. The van der Waals surface area contributed by atoms with Crippen LogP contribution in [-0.4, -0.2) is 72.0 Å². The summed E-state index contributed by atoms with van der Waals surface area (Å²) in [4.78, 5) is 49.0. The number of phenols is 1. The van der Waals surface area contributed by atoms with Crippen LogP contribution in [0.25, 0.3) is 0 Å². The fourth-order valence-electron chi connectivity index (χ4n) is 5.26. The SMILES string of the molecule is C=CC(=O)NC1CC(=O)NCC1Nc1ncc2c(n1)N(C)C(=O)N(c1c(C)c(O)cc(OC)c1C)C2.CCCC.CSCc1ccccc1. The quantitative estimate of drug-likeness (QED) is 0.207. The minimum Gasteiger partial charge on any atom is -0.507 e. The van der Waals surface area contributed by atoms with E-state index in [0.29, 0.717) is 28.4 Å². The van der Waals surface area contributed by atoms with E-state index in [2.05, 4.69) is 76.9 Å². The smallest absolute Gasteiger partial charge is 0.330 e. The van der Waals surface area contributed by atoms with E-state index in [1.165, 1.54) is 36.5 Å². The molecule has 2 aromatic carbocycles. The molecular formula is C36H49N7O5S. The number of phenolic OH excluding ortho intramolecular Hbond substituents is 1. The number of unbranched alkanes of at least 4 members (excludes halogenated alkanes) is 1. The average molecular weight is 692 g/mol. The molecule has 264 valence electrons. The van der Waals surface area contributed by atoms with E-state index < -0.39 is 6.04 Å². The molecule has 2 aliphatic rings. The molecule has 4 amide bonds. The van der Waals surface area contributed by atoms with Crippen LogP contribution in [0.1, 0.15) is 55.4 Å². The zero-order valence-electron chi connectivity index (χ0n) is 29.5. The van der Waals surface area contributed by atoms with Crippen molar-refractivity contribution in [2.45, 2.75) is 71.3 Å². The molecule has 0 saturated carbocycles. The van der Waals surface area contributed by atoms with Gasteiger partial charge in [-0.05, 0) is 31.7 Å². The Hall–Kier alpha value is -4.78. The van der Waals surface area contributed by atoms with Gasteiger partial charge in [0, 0.05) is 54.7 Å². The van der Waals surface area contributed by atoms with Gasteiger partial charge in [0.2, 0.25) is 17.8 Å². The lowest BCUT2D eigenvalue weighted by Crippen LogP contribution is -2.57. The largest absolute Gasteiger partial charge is 0.507 e. The Morgan fingerprint density at radius 3 is 2.47 bits per heavy atom. The molecule has 0 spiro atoms. The molecule has 0 radical (unpaired) electrons. The molecule has 5 rings (SSSR count). The van der Waals surface area contributed by atoms with Crippen molar-refractivity contribution in [3.63, 3.8) is 0 Å². The van der Waals surface area contributed by atoms with Gasteiger partial charge in [-0.15, -0.1) is 0 Å². The van der Waals surface area contributed by atoms with Crippen molar-refractivity contribution in [2.24, 2.45) is 0 Å². The molecule has 13 heteroatoms. The molecule has 2 unspecified atom stereocenters. The predicted molar refractivity (Wildman–Crippen MR) is 198 cm³/mol. The molecule has 12 nitrogen and oxygen atoms in total. The van der Waals surface area contributed by atoms with E-state index in [9.17, 15) is 19.5 Å². The van der Waals surface area contributed by atoms with E-state index in [4.69, 9.17) is 4.74 Å². The lowest BCUT2D eigenvalue weighted by atomic mass is 10.00. The van der Waals surface area contributed by atoms with Crippen LogP contribution in [0.4, 0.5) is 22.2 Å². The monoisotopic (exact) mass is 691 g/mol. The summed E-state index contributed by atoms with van der Waals surface area (Å²) >= 11 is 1.85. The number of benzene rings is 2. The summed E-state index contributed by atoms with van der Waals surface area (Å²) in [5.41, 5.74) is 3.96. The van der Waals surface area contributed by atoms with Crippen LogP contribution in [0, 0.1) is 13.8 Å². The first kappa shape index (κ1) is 38.7. The standard InChI is InChI=1S/C24H29N7O5.C8H10S.C4H10/c1-6-19(33)27-15-7-20(34)25-10-16(15)28-23-26-9-14-11-31(24(35)30(4)22(14)29-23)21-12(2)17(32)8-18(36-5)13(21)3;1-9-7-8-5-3-2-4-6-8;1-3-4-2/h6,8-9,15-16,32H,1,7,10-11H2,2-5H3,(H,25,34)(H,27,33)(H,26,28,29);2-6H,7H2,1H3;3-4H2,1-2H3. The van der Waals surface area contributed by atoms with Gasteiger partial charge in [-0.25, -0.2) is 9.78 Å². The van der Waals surface area contributed by atoms with Gasteiger partial charge in [0.1, 0.15) is 17.3 Å². The molecule has 1 fully saturated rings. The van der Waals surface area contributed by atoms with Crippen LogP contribution < -0.4 is 30.5 Å². The van der Waals surface area contributed by atoms with Gasteiger partial charge in [0.05, 0.1) is 31.4 Å². The number of fused-ring (bicyclic) bond motifs is 1. The van der Waals surface area contributed by atoms with Crippen LogP contribution in [0.15, 0.2) is 55.3 Å². The van der Waals surface area contributed by atoms with Crippen molar-refractivity contribution >= 4 is 47.1 Å². The topological polar surface area (TPSA) is 149 Å². The number of hydrogen-bond acceptors (Lipinski definition) is 9. The van der Waals surface area contributed by atoms with Gasteiger partial charge in [-0.3, -0.25) is 19.4 Å². The third-order valence-electron chi connectivity index (χ3n) is 8.12. The fourth-order valence-corrected chi connectivity index (χ4v) is 5.79. The number of aromatic nitrogens is 2. The maximum absolute atomic E-state index is 13.4. The van der Waals surface area contributed by atoms with Crippen molar-refractivity contribution in [2.75, 3.05) is 42.1 Å². The maximum Gasteiger partial charge on any atom is 0.330 e. The van der Waals surface area contributed by atoms with Gasteiger partial charge >= 0.3 is 6.03 Å². The Bertz CT molecular complexity index is 1600. The van der Waals surface area contributed by atoms with Gasteiger partial charge in [-0.1, -0.05) is 63.6 Å². The molecule has 4 N–H and O–H groups in total. The molecule has 1 aromatic heterocycles. The van der Waals surface area contributed by atoms with Gasteiger partial charge < -0.3 is 25.8 Å². The van der Waals surface area contributed by atoms with E-state index in [0.717, 1.165) is 17.4 Å². The second-order valence-corrected chi connectivity index (χ2v) is 12.5. The number of thioether (sulfide) groups is 1. The Labute approximate surface area is 293 Å². The Balaban J connectivity index is 0.000000420. The number of nitrogens with zero attached hydrogens (tertiary/aromatic N) is 4. The van der Waals surface area contributed by atoms with Gasteiger partial charge in [-0.2, -0.15) is 16.7 Å². The number of piperidine rings is 1. The number of aromatic hydroxyl groups is 1. The van der Waals surface area contributed by atoms with Crippen molar-refractivity contribution in [3.8, 4) is 11.5 Å². The molecule has 3 aromatic rings. The van der Waals surface area contributed by atoms with Crippen LogP contribution in [-0.2, 0) is 21.9 Å². The zero-order chi connectivity index (χ0) is 36.1. The second-order valence-electron chi connectivity index (χ2n) is 11.7. The predicted octanol–water partition coefficient (Wildman–Crippen LogP) is 5.71. The van der Waals surface area contributed by atoms with Crippen molar-refractivity contribution in [1.29, 1.82) is 0 Å². The molecule has 2 atom stereocenters. The number of amides is 4. The highest BCUT2D eigenvalue weighted by Crippen LogP contribution is 2.41. The summed E-state index contributed by atoms with van der Waals surface area (Å²) in [6, 6.07) is 10.8. The number of hydrogen-bond donors (Lipinski definition) is 4. The number of carbonyl (C=O) groups is 3. The van der Waals surface area contributed by atoms with Gasteiger partial charge in [0.25, 0.3) is 0 Å². The highest BCUT2D eigenvalue weighted by molar-refractivity contribution is 7.97. The third-order valence-corrected chi connectivity index (χ3v) is 8.74. The molecule has 0 bridgehead atoms. The Morgan fingerprint density at radius 1 is 1.16 bits per heavy atom. The first-order valence-corrected chi connectivity index (χ1v) is 17.7. The van der Waals surface area contributed by atoms with Crippen LogP contribution in [0.5, 0.6) is 11.5 Å². The number of rotatable bonds is 9. The molecular weight excluding hydrogens is 643 g/mol. The van der Waals surface area contributed by atoms with E-state index in [1.807, 2.05) is 24.8 Å². The fraction of sp³-hybridized carbons (Fsp3) is 0.417. The summed E-state index contributed by atoms with van der Waals surface area (Å²) in [6.07, 6.45) is 7.63. The minimum atomic E-state index is -0.481. The summed E-state index contributed by atoms with van der Waals surface area (Å²) in [6.45, 7) is 11.9. The van der Waals surface area contributed by atoms with Crippen LogP contribution in [0.2, 0.25) is 0 Å². The van der Waals surface area contributed by atoms with E-state index in [-0.39, 0.29) is 55.1 Å². The van der Waals surface area contributed by atoms with Crippen molar-refractivity contribution < 1.29 is 24.2 Å². The van der Waals surface area contributed by atoms with Crippen molar-refractivity contribution in [1.82, 2.24) is 20.6 Å². The van der Waals surface area contributed by atoms with E-state index in [1.54, 1.807) is 25.1 Å². The number of ether oxygens (including phenoxy) is 1. The number of anilines is 3. The maximum atomic E-state index is 13.4. The lowest BCUT2D eigenvalue weighted by molar-refractivity contribution is -0.123. The highest BCUT2D eigenvalue weighted by Gasteiger charge is 2.35. The van der Waals surface area contributed by atoms with Crippen LogP contribution >= 0.6 is 11.8 Å². The summed E-state index contributed by atoms with van der Waals surface area (Å²) in [5, 5.41) is 19.1. The summed E-state index contributed by atoms with van der Waals surface area (Å²) < 4.78 is 5.38. The third kappa shape index (κ3) is 10.1. The van der Waals surface area contributed by atoms with Gasteiger partial charge in [0.15, 0.2) is 0 Å². The molecule has 1 saturated heterocycles. The number of urea groups is 1. The molecule has 0 aliphatic carbocycles.